The number of pyridine rings is 3. The summed E-state index contributed by atoms with van der Waals surface area (Å²) in [4.78, 5) is 127. The first-order valence-corrected chi connectivity index (χ1v) is 42.7. The molecule has 0 saturated carbocycles. The van der Waals surface area contributed by atoms with Gasteiger partial charge in [-0.1, -0.05) is 93.6 Å². The summed E-state index contributed by atoms with van der Waals surface area (Å²) >= 11 is 0. The Morgan fingerprint density at radius 1 is 0.411 bits per heavy atom. The fraction of sp³-hybridized carbons (Fsp3) is 0.362. The molecule has 6 aromatic heterocycles. The van der Waals surface area contributed by atoms with Crippen LogP contribution >= 0.6 is 0 Å². The zero-order valence-electron chi connectivity index (χ0n) is 71.3. The number of hydrogen-bond acceptors (Lipinski definition) is 24. The van der Waals surface area contributed by atoms with Gasteiger partial charge in [-0.15, -0.1) is 0 Å². The second-order valence-corrected chi connectivity index (χ2v) is 31.3. The Balaban J connectivity index is 0.000000160. The van der Waals surface area contributed by atoms with Crippen LogP contribution in [0.15, 0.2) is 197 Å². The second kappa shape index (κ2) is 43.1. The Morgan fingerprint density at radius 3 is 1.00 bits per heavy atom. The maximum Gasteiger partial charge on any atom is 0.280 e. The summed E-state index contributed by atoms with van der Waals surface area (Å²) in [5, 5.41) is 37.9. The molecule has 3 aliphatic rings. The van der Waals surface area contributed by atoms with Crippen LogP contribution in [-0.2, 0) is 33.8 Å². The van der Waals surface area contributed by atoms with Gasteiger partial charge in [0.2, 0.25) is 34.1 Å². The number of hydroxylamine groups is 3. The van der Waals surface area contributed by atoms with E-state index in [0.29, 0.717) is 52.5 Å². The van der Waals surface area contributed by atoms with E-state index in [1.807, 2.05) is 109 Å². The van der Waals surface area contributed by atoms with Gasteiger partial charge in [-0.3, -0.25) is 43.3 Å². The van der Waals surface area contributed by atoms with Crippen molar-refractivity contribution >= 4 is 85.7 Å². The van der Waals surface area contributed by atoms with E-state index in [2.05, 4.69) is 119 Å². The molecule has 6 aromatic carbocycles. The maximum atomic E-state index is 13.4. The molecule has 648 valence electrons. The van der Waals surface area contributed by atoms with Crippen molar-refractivity contribution in [1.82, 2.24) is 74.7 Å². The summed E-state index contributed by atoms with van der Waals surface area (Å²) in [7, 11) is 1.32. The van der Waals surface area contributed by atoms with Gasteiger partial charge >= 0.3 is 0 Å². The number of rotatable bonds is 30. The number of carbonyl (C=O) groups is 3. The van der Waals surface area contributed by atoms with Gasteiger partial charge in [0, 0.05) is 97.5 Å². The van der Waals surface area contributed by atoms with Crippen molar-refractivity contribution in [1.29, 1.82) is 0 Å². The average molecular weight is 1680 g/mol. The lowest BCUT2D eigenvalue weighted by Gasteiger charge is -2.32. The molecule has 30 nitrogen and oxygen atoms in total. The number of aliphatic hydroxyl groups is 3. The minimum Gasteiger partial charge on any atom is -0.396 e. The zero-order valence-corrected chi connectivity index (χ0v) is 71.3. The van der Waals surface area contributed by atoms with E-state index in [4.69, 9.17) is 34.6 Å². The molecule has 0 radical (unpaired) electrons. The molecule has 3 aliphatic heterocycles. The van der Waals surface area contributed by atoms with Gasteiger partial charge in [0.25, 0.3) is 17.7 Å². The van der Waals surface area contributed by atoms with Gasteiger partial charge in [0.05, 0.1) is 49.2 Å². The number of amides is 3. The van der Waals surface area contributed by atoms with Crippen molar-refractivity contribution in [3.05, 3.63) is 264 Å². The number of aryl methyl sites for hydroxylation is 3. The minimum absolute atomic E-state index is 0.0624. The summed E-state index contributed by atoms with van der Waals surface area (Å²) in [5.74, 6) is 0.639. The predicted octanol–water partition coefficient (Wildman–Crippen LogP) is 12.2. The van der Waals surface area contributed by atoms with Crippen LogP contribution in [0.2, 0.25) is 0 Å². The summed E-state index contributed by atoms with van der Waals surface area (Å²) in [6, 6.07) is 48.6. The number of nitrogens with zero attached hydrogens (tertiary/aromatic N) is 12. The van der Waals surface area contributed by atoms with Crippen molar-refractivity contribution in [2.45, 2.75) is 130 Å². The molecular formula is C94H110N18O12. The standard InChI is InChI=1S/C32H38N6O4.2C31H36N6O4/c1-4-22-5-11-26(12-6-22)38-20-28(31(41)36-42-21(2)3)29(40)27-19-33-32(35-30(27)38)34-25-9-7-23(8-10-25)24-13-15-37(16-14-24)17-18-39;1-3-21-5-11-25(12-6-21)37-20-27(30(40)35-41-2)28(39)26-19-32-31(34-29(26)37)33-24-9-7-22(8-10-24)23-13-16-36(17-14-23)15-4-18-38;1-3-21-5-11-25(12-6-21)37-20-27(30(40)35-41-4-2)28(39)26-19-32-31(34-29(26)37)33-24-9-7-22(8-10-24)23-13-15-36(16-14-23)17-18-38/h5-12,19-21,24,39H,4,13-18H2,1-3H3,(H,36,41)(H,33,34,35);2*5-12,19-20,23,38H,3-4,13-18H2,1-2H3,(H,35,40)(H,32,33,34). The van der Waals surface area contributed by atoms with Gasteiger partial charge in [0.1, 0.15) is 16.7 Å². The first-order chi connectivity index (χ1) is 60.4. The molecule has 3 fully saturated rings. The Bertz CT molecular complexity index is 5790. The average Bonchev–Trinajstić information content (AvgIpc) is 0.770. The number of likely N-dealkylation sites (tertiary alicyclic amines) is 3. The molecule has 12 aromatic rings. The van der Waals surface area contributed by atoms with Crippen molar-refractivity contribution in [3.8, 4) is 17.1 Å². The van der Waals surface area contributed by atoms with Crippen molar-refractivity contribution in [2.24, 2.45) is 0 Å². The topological polar surface area (TPSA) is 365 Å². The number of anilines is 6. The molecule has 0 spiro atoms. The number of fused-ring (bicyclic) bond motifs is 3. The van der Waals surface area contributed by atoms with E-state index >= 15 is 0 Å². The SMILES string of the molecule is CCONC(=O)c1cn(-c2ccc(CC)cc2)c2nc(Nc3ccc(C4CCN(CCO)CC4)cc3)ncc2c1=O.CCc1ccc(-n2cc(C(=O)NOC(C)C)c(=O)c3cnc(Nc4ccc(C5CCN(CCO)CC5)cc4)nc32)cc1.CCc1ccc(-n2cc(C(=O)NOC)c(=O)c3cnc(Nc4ccc(C5CCN(CCCO)CC5)cc4)nc32)cc1. The molecular weight excluding hydrogens is 1570 g/mol. The fourth-order valence-corrected chi connectivity index (χ4v) is 15.8. The lowest BCUT2D eigenvalue weighted by molar-refractivity contribution is 0.0000934. The van der Waals surface area contributed by atoms with E-state index in [9.17, 15) is 39.0 Å². The highest BCUT2D eigenvalue weighted by atomic mass is 16.7. The number of piperidine rings is 3. The highest BCUT2D eigenvalue weighted by Crippen LogP contribution is 2.34. The van der Waals surface area contributed by atoms with Crippen LogP contribution in [0.5, 0.6) is 0 Å². The number of aromatic nitrogens is 9. The third kappa shape index (κ3) is 22.3. The summed E-state index contributed by atoms with van der Waals surface area (Å²) in [6.07, 6.45) is 18.6. The van der Waals surface area contributed by atoms with Gasteiger partial charge in [0.15, 0.2) is 16.9 Å². The van der Waals surface area contributed by atoms with E-state index in [1.54, 1.807) is 34.5 Å². The number of benzene rings is 6. The van der Waals surface area contributed by atoms with Crippen molar-refractivity contribution in [2.75, 3.05) is 108 Å². The van der Waals surface area contributed by atoms with E-state index in [-0.39, 0.29) is 65.4 Å². The lowest BCUT2D eigenvalue weighted by Crippen LogP contribution is -2.34. The predicted molar refractivity (Wildman–Crippen MR) is 481 cm³/mol. The smallest absolute Gasteiger partial charge is 0.280 e. The van der Waals surface area contributed by atoms with Crippen molar-refractivity contribution < 1.29 is 44.2 Å². The Labute approximate surface area is 719 Å². The van der Waals surface area contributed by atoms with Crippen LogP contribution in [0.3, 0.4) is 0 Å². The summed E-state index contributed by atoms with van der Waals surface area (Å²) in [5.41, 5.74) is 18.6. The van der Waals surface area contributed by atoms with Crippen LogP contribution < -0.4 is 48.7 Å². The summed E-state index contributed by atoms with van der Waals surface area (Å²) in [6.45, 7) is 21.0. The molecule has 0 aliphatic carbocycles. The van der Waals surface area contributed by atoms with E-state index < -0.39 is 34.0 Å². The van der Waals surface area contributed by atoms with E-state index in [0.717, 1.165) is 157 Å². The zero-order chi connectivity index (χ0) is 87.2. The number of nitrogens with one attached hydrogen (secondary N) is 6. The maximum absolute atomic E-state index is 13.4. The second-order valence-electron chi connectivity index (χ2n) is 31.3. The first kappa shape index (κ1) is 89.4. The number of β-amino-alcohol motifs (C(OH)–C–C–N with tert-alkyl or cyclic N) is 2. The third-order valence-corrected chi connectivity index (χ3v) is 22.9. The molecule has 9 heterocycles. The van der Waals surface area contributed by atoms with Gasteiger partial charge in [-0.25, -0.2) is 31.4 Å². The minimum atomic E-state index is -0.642. The van der Waals surface area contributed by atoms with Crippen molar-refractivity contribution in [3.63, 3.8) is 0 Å². The molecule has 0 atom stereocenters. The number of hydrogen-bond donors (Lipinski definition) is 9. The lowest BCUT2D eigenvalue weighted by atomic mass is 9.89. The molecule has 3 amide bonds. The third-order valence-electron chi connectivity index (χ3n) is 22.9. The van der Waals surface area contributed by atoms with Crippen LogP contribution in [-0.4, -0.2) is 190 Å². The number of aliphatic hydroxyl groups excluding tert-OH is 3. The molecule has 124 heavy (non-hydrogen) atoms. The van der Waals surface area contributed by atoms with Gasteiger partial charge < -0.3 is 59.7 Å². The Kier molecular flexibility index (Phi) is 31.1. The molecule has 3 saturated heterocycles. The number of carbonyl (C=O) groups excluding carboxylic acids is 3. The summed E-state index contributed by atoms with van der Waals surface area (Å²) < 4.78 is 5.19. The van der Waals surface area contributed by atoms with Gasteiger partial charge in [-0.05, 0) is 248 Å². The molecule has 0 bridgehead atoms. The van der Waals surface area contributed by atoms with E-state index in [1.165, 1.54) is 77.7 Å². The molecule has 30 heteroatoms. The Morgan fingerprint density at radius 2 is 0.718 bits per heavy atom. The van der Waals surface area contributed by atoms with Crippen LogP contribution in [0.1, 0.15) is 169 Å². The molecule has 15 rings (SSSR count). The van der Waals surface area contributed by atoms with Gasteiger partial charge in [-0.2, -0.15) is 15.0 Å². The first-order valence-electron chi connectivity index (χ1n) is 42.7. The Hall–Kier alpha value is -12.4. The largest absolute Gasteiger partial charge is 0.396 e. The van der Waals surface area contributed by atoms with Crippen LogP contribution in [0.25, 0.3) is 50.2 Å². The highest BCUT2D eigenvalue weighted by Gasteiger charge is 2.27. The molecule has 9 N–H and O–H groups in total. The quantitative estimate of drug-likeness (QED) is 0.0189. The monoisotopic (exact) mass is 1680 g/mol. The molecule has 0 unspecified atom stereocenters. The highest BCUT2D eigenvalue weighted by molar-refractivity contribution is 5.98. The normalized spacial score (nSPS) is 14.3. The van der Waals surface area contributed by atoms with Crippen LogP contribution in [0, 0.1) is 0 Å². The van der Waals surface area contributed by atoms with Crippen LogP contribution in [0.4, 0.5) is 34.9 Å². The fourth-order valence-electron chi connectivity index (χ4n) is 15.8.